The van der Waals surface area contributed by atoms with Gasteiger partial charge in [-0.2, -0.15) is 0 Å². The minimum Gasteiger partial charge on any atom is -0.324 e. The molecule has 1 unspecified atom stereocenters. The maximum absolute atomic E-state index is 13.3. The fourth-order valence-electron chi connectivity index (χ4n) is 3.60. The first-order valence-corrected chi connectivity index (χ1v) is 14.8. The summed E-state index contributed by atoms with van der Waals surface area (Å²) in [5.74, 6) is -1.07. The van der Waals surface area contributed by atoms with E-state index >= 15 is 0 Å². The minimum absolute atomic E-state index is 0.110. The topological polar surface area (TPSA) is 87.3 Å². The van der Waals surface area contributed by atoms with Gasteiger partial charge in [-0.1, -0.05) is 66.5 Å². The summed E-state index contributed by atoms with van der Waals surface area (Å²) in [4.78, 5) is 40.7. The Labute approximate surface area is 250 Å². The zero-order valence-electron chi connectivity index (χ0n) is 21.3. The Hall–Kier alpha value is -3.56. The molecule has 3 aromatic carbocycles. The van der Waals surface area contributed by atoms with E-state index in [9.17, 15) is 14.4 Å². The standard InChI is InChI=1S/C30H25Cl2N3O3S2/c1-2-26(30(38)34-24-15-7-14-23(31)27(24)32)40-22-12-6-11-20(17-22)33-29(37)25(18-21-13-8-16-39-21)35-28(36)19-9-4-3-5-10-19/h3-18,26H,2H2,1H3,(H,33,37)(H,34,38)(H,35,36)/b25-18-. The molecule has 10 heteroatoms. The van der Waals surface area contributed by atoms with Gasteiger partial charge in [-0.15, -0.1) is 23.1 Å². The molecule has 1 heterocycles. The van der Waals surface area contributed by atoms with Crippen molar-refractivity contribution in [2.45, 2.75) is 23.5 Å². The molecule has 4 aromatic rings. The van der Waals surface area contributed by atoms with Gasteiger partial charge in [0.05, 0.1) is 21.0 Å². The molecule has 0 radical (unpaired) electrons. The third-order valence-corrected chi connectivity index (χ3v) is 8.60. The molecule has 3 N–H and O–H groups in total. The zero-order chi connectivity index (χ0) is 28.5. The fraction of sp³-hybridized carbons (Fsp3) is 0.100. The molecule has 0 saturated heterocycles. The molecule has 204 valence electrons. The lowest BCUT2D eigenvalue weighted by molar-refractivity contribution is -0.116. The normalized spacial score (nSPS) is 11.9. The number of amides is 3. The summed E-state index contributed by atoms with van der Waals surface area (Å²) in [6.45, 7) is 1.92. The summed E-state index contributed by atoms with van der Waals surface area (Å²) in [5.41, 5.74) is 1.52. The molecule has 0 aliphatic heterocycles. The van der Waals surface area contributed by atoms with Crippen molar-refractivity contribution in [2.24, 2.45) is 0 Å². The average molecular weight is 611 g/mol. The maximum atomic E-state index is 13.3. The van der Waals surface area contributed by atoms with Crippen molar-refractivity contribution in [3.05, 3.63) is 116 Å². The summed E-state index contributed by atoms with van der Waals surface area (Å²) >= 11 is 15.1. The lowest BCUT2D eigenvalue weighted by Gasteiger charge is -2.16. The van der Waals surface area contributed by atoms with E-state index in [4.69, 9.17) is 23.2 Å². The van der Waals surface area contributed by atoms with Crippen LogP contribution in [0.1, 0.15) is 28.6 Å². The second kappa shape index (κ2) is 14.2. The number of carbonyl (C=O) groups excluding carboxylic acids is 3. The number of hydrogen-bond acceptors (Lipinski definition) is 5. The Morgan fingerprint density at radius 1 is 0.925 bits per heavy atom. The van der Waals surface area contributed by atoms with E-state index in [1.807, 2.05) is 36.6 Å². The van der Waals surface area contributed by atoms with Crippen LogP contribution in [0.25, 0.3) is 6.08 Å². The number of thioether (sulfide) groups is 1. The molecule has 3 amide bonds. The van der Waals surface area contributed by atoms with Gasteiger partial charge in [0.15, 0.2) is 0 Å². The first-order chi connectivity index (χ1) is 19.3. The number of hydrogen-bond donors (Lipinski definition) is 3. The van der Waals surface area contributed by atoms with Crippen LogP contribution in [-0.4, -0.2) is 23.0 Å². The van der Waals surface area contributed by atoms with Gasteiger partial charge in [0.1, 0.15) is 5.70 Å². The number of rotatable bonds is 10. The number of anilines is 2. The number of halogens is 2. The number of thiophene rings is 1. The molecular formula is C30H25Cl2N3O3S2. The Bertz CT molecular complexity index is 1530. The van der Waals surface area contributed by atoms with Crippen molar-refractivity contribution in [1.29, 1.82) is 0 Å². The first-order valence-electron chi connectivity index (χ1n) is 12.3. The number of carbonyl (C=O) groups is 3. The molecule has 1 atom stereocenters. The highest BCUT2D eigenvalue weighted by Gasteiger charge is 2.20. The summed E-state index contributed by atoms with van der Waals surface area (Å²) in [6, 6.07) is 24.7. The van der Waals surface area contributed by atoms with Gasteiger partial charge < -0.3 is 16.0 Å². The zero-order valence-corrected chi connectivity index (χ0v) is 24.5. The predicted molar refractivity (Wildman–Crippen MR) is 166 cm³/mol. The van der Waals surface area contributed by atoms with Crippen LogP contribution in [0.4, 0.5) is 11.4 Å². The highest BCUT2D eigenvalue weighted by atomic mass is 35.5. The van der Waals surface area contributed by atoms with Crippen molar-refractivity contribution in [3.63, 3.8) is 0 Å². The van der Waals surface area contributed by atoms with Gasteiger partial charge in [0.2, 0.25) is 5.91 Å². The molecule has 0 fully saturated rings. The molecular weight excluding hydrogens is 585 g/mol. The smallest absolute Gasteiger partial charge is 0.272 e. The molecule has 4 rings (SSSR count). The molecule has 0 saturated carbocycles. The highest BCUT2D eigenvalue weighted by Crippen LogP contribution is 2.32. The van der Waals surface area contributed by atoms with Crippen molar-refractivity contribution < 1.29 is 14.4 Å². The van der Waals surface area contributed by atoms with Gasteiger partial charge >= 0.3 is 0 Å². The minimum atomic E-state index is -0.472. The monoisotopic (exact) mass is 609 g/mol. The number of benzene rings is 3. The second-order valence-electron chi connectivity index (χ2n) is 8.48. The molecule has 0 spiro atoms. The van der Waals surface area contributed by atoms with E-state index in [1.165, 1.54) is 23.1 Å². The van der Waals surface area contributed by atoms with Crippen molar-refractivity contribution >= 4 is 81.5 Å². The highest BCUT2D eigenvalue weighted by molar-refractivity contribution is 8.00. The summed E-state index contributed by atoms with van der Waals surface area (Å²) < 4.78 is 0. The van der Waals surface area contributed by atoms with E-state index in [-0.39, 0.29) is 22.5 Å². The van der Waals surface area contributed by atoms with Crippen LogP contribution in [0.5, 0.6) is 0 Å². The van der Waals surface area contributed by atoms with E-state index in [0.717, 1.165) is 9.77 Å². The third-order valence-electron chi connectivity index (χ3n) is 5.60. The van der Waals surface area contributed by atoms with E-state index in [1.54, 1.807) is 66.7 Å². The fourth-order valence-corrected chi connectivity index (χ4v) is 5.62. The lowest BCUT2D eigenvalue weighted by atomic mass is 10.2. The molecule has 6 nitrogen and oxygen atoms in total. The van der Waals surface area contributed by atoms with Crippen molar-refractivity contribution in [2.75, 3.05) is 10.6 Å². The summed E-state index contributed by atoms with van der Waals surface area (Å²) in [5, 5.41) is 10.6. The van der Waals surface area contributed by atoms with Crippen LogP contribution in [0.2, 0.25) is 10.0 Å². The van der Waals surface area contributed by atoms with Gasteiger partial charge in [0, 0.05) is 21.0 Å². The Kier molecular flexibility index (Phi) is 10.4. The van der Waals surface area contributed by atoms with Gasteiger partial charge in [-0.25, -0.2) is 0 Å². The van der Waals surface area contributed by atoms with Crippen molar-refractivity contribution in [3.8, 4) is 0 Å². The van der Waals surface area contributed by atoms with Crippen LogP contribution < -0.4 is 16.0 Å². The van der Waals surface area contributed by atoms with Gasteiger partial charge in [-0.05, 0) is 66.4 Å². The molecule has 0 aliphatic carbocycles. The second-order valence-corrected chi connectivity index (χ2v) is 11.5. The third kappa shape index (κ3) is 7.99. The van der Waals surface area contributed by atoms with Crippen molar-refractivity contribution in [1.82, 2.24) is 5.32 Å². The van der Waals surface area contributed by atoms with Crippen LogP contribution in [0.15, 0.2) is 101 Å². The number of nitrogens with one attached hydrogen (secondary N) is 3. The Balaban J connectivity index is 1.47. The van der Waals surface area contributed by atoms with Gasteiger partial charge in [0.25, 0.3) is 11.8 Å². The summed E-state index contributed by atoms with van der Waals surface area (Å²) in [7, 11) is 0. The quantitative estimate of drug-likeness (QED) is 0.126. The first kappa shape index (κ1) is 29.4. The largest absolute Gasteiger partial charge is 0.324 e. The molecule has 40 heavy (non-hydrogen) atoms. The maximum Gasteiger partial charge on any atom is 0.272 e. The average Bonchev–Trinajstić information content (AvgIpc) is 3.47. The van der Waals surface area contributed by atoms with Crippen LogP contribution in [-0.2, 0) is 9.59 Å². The summed E-state index contributed by atoms with van der Waals surface area (Å²) in [6.07, 6.45) is 2.20. The van der Waals surface area contributed by atoms with Crippen LogP contribution in [0, 0.1) is 0 Å². The molecule has 0 bridgehead atoms. The Morgan fingerprint density at radius 3 is 2.42 bits per heavy atom. The molecule has 1 aromatic heterocycles. The Morgan fingerprint density at radius 2 is 1.70 bits per heavy atom. The SMILES string of the molecule is CCC(Sc1cccc(NC(=O)/C(=C/c2cccs2)NC(=O)c2ccccc2)c1)C(=O)Nc1cccc(Cl)c1Cl. The molecule has 0 aliphatic rings. The van der Waals surface area contributed by atoms with Gasteiger partial charge in [-0.3, -0.25) is 14.4 Å². The van der Waals surface area contributed by atoms with E-state index < -0.39 is 11.2 Å². The van der Waals surface area contributed by atoms with E-state index in [0.29, 0.717) is 28.4 Å². The van der Waals surface area contributed by atoms with Crippen LogP contribution in [0.3, 0.4) is 0 Å². The predicted octanol–water partition coefficient (Wildman–Crippen LogP) is 7.97. The lowest BCUT2D eigenvalue weighted by Crippen LogP contribution is -2.30. The van der Waals surface area contributed by atoms with E-state index in [2.05, 4.69) is 16.0 Å². The van der Waals surface area contributed by atoms with Crippen LogP contribution >= 0.6 is 46.3 Å².